The van der Waals surface area contributed by atoms with Crippen molar-refractivity contribution in [3.05, 3.63) is 99.6 Å². The van der Waals surface area contributed by atoms with Crippen molar-refractivity contribution in [3.8, 4) is 11.5 Å². The molecule has 1 fully saturated rings. The molecule has 0 saturated carbocycles. The molecule has 1 atom stereocenters. The van der Waals surface area contributed by atoms with Gasteiger partial charge >= 0.3 is 11.9 Å². The van der Waals surface area contributed by atoms with Gasteiger partial charge in [0.1, 0.15) is 19.0 Å². The first-order valence-corrected chi connectivity index (χ1v) is 15.1. The molecule has 2 aliphatic rings. The molecule has 13 heteroatoms. The largest absolute Gasteiger partial charge is 0.507 e. The first-order chi connectivity index (χ1) is 20.9. The lowest BCUT2D eigenvalue weighted by Crippen LogP contribution is -2.29. The third-order valence-electron chi connectivity index (χ3n) is 6.82. The molecule has 3 heterocycles. The van der Waals surface area contributed by atoms with E-state index in [0.29, 0.717) is 45.4 Å². The average molecular weight is 636 g/mol. The van der Waals surface area contributed by atoms with Gasteiger partial charge in [-0.3, -0.25) is 14.5 Å². The van der Waals surface area contributed by atoms with Crippen LogP contribution in [0.4, 0.5) is 5.13 Å². The van der Waals surface area contributed by atoms with E-state index in [-0.39, 0.29) is 21.8 Å². The van der Waals surface area contributed by atoms with E-state index in [4.69, 9.17) is 25.8 Å². The number of ketones is 1. The summed E-state index contributed by atoms with van der Waals surface area (Å²) in [5, 5.41) is 20.7. The number of ether oxygens (including phenoxy) is 3. The number of fused-ring (bicyclic) bond motifs is 1. The number of thioether (sulfide) groups is 1. The van der Waals surface area contributed by atoms with Gasteiger partial charge in [0.05, 0.1) is 24.3 Å². The topological polar surface area (TPSA) is 128 Å². The van der Waals surface area contributed by atoms with Crippen LogP contribution in [0.2, 0.25) is 5.02 Å². The van der Waals surface area contributed by atoms with Crippen molar-refractivity contribution in [2.24, 2.45) is 0 Å². The highest BCUT2D eigenvalue weighted by Crippen LogP contribution is 2.45. The van der Waals surface area contributed by atoms with Gasteiger partial charge in [0, 0.05) is 16.3 Å². The van der Waals surface area contributed by atoms with E-state index < -0.39 is 29.5 Å². The SMILES string of the molecule is COC(=O)c1ccc(C2/C(=C(\O)c3ccc4c(c3)OCCO4)C(=O)C(=O)N2c2nnc(SCc3ccccc3Cl)s2)cc1. The van der Waals surface area contributed by atoms with Crippen LogP contribution >= 0.6 is 34.7 Å². The summed E-state index contributed by atoms with van der Waals surface area (Å²) in [5.74, 6) is -1.26. The number of rotatable bonds is 7. The Bertz CT molecular complexity index is 1770. The van der Waals surface area contributed by atoms with Gasteiger partial charge in [0.15, 0.2) is 15.8 Å². The summed E-state index contributed by atoms with van der Waals surface area (Å²) < 4.78 is 16.6. The van der Waals surface area contributed by atoms with Crippen LogP contribution in [0.15, 0.2) is 76.6 Å². The highest BCUT2D eigenvalue weighted by molar-refractivity contribution is 8.00. The van der Waals surface area contributed by atoms with Crippen molar-refractivity contribution in [1.29, 1.82) is 0 Å². The maximum Gasteiger partial charge on any atom is 0.337 e. The molecule has 0 spiro atoms. The summed E-state index contributed by atoms with van der Waals surface area (Å²) in [5.41, 5.74) is 1.78. The first kappa shape index (κ1) is 28.7. The number of carbonyl (C=O) groups is 3. The fraction of sp³-hybridized carbons (Fsp3) is 0.167. The first-order valence-electron chi connectivity index (χ1n) is 12.9. The summed E-state index contributed by atoms with van der Waals surface area (Å²) in [4.78, 5) is 40.4. The highest BCUT2D eigenvalue weighted by Gasteiger charge is 2.48. The van der Waals surface area contributed by atoms with Crippen molar-refractivity contribution >= 4 is 63.3 Å². The minimum Gasteiger partial charge on any atom is -0.507 e. The smallest absolute Gasteiger partial charge is 0.337 e. The van der Waals surface area contributed by atoms with Gasteiger partial charge < -0.3 is 19.3 Å². The Morgan fingerprint density at radius 2 is 1.77 bits per heavy atom. The molecule has 0 aliphatic carbocycles. The number of hydrogen-bond acceptors (Lipinski definition) is 11. The molecule has 3 aromatic carbocycles. The minimum absolute atomic E-state index is 0.145. The van der Waals surface area contributed by atoms with E-state index in [1.54, 1.807) is 36.4 Å². The molecule has 218 valence electrons. The molecule has 1 amide bonds. The Morgan fingerprint density at radius 3 is 2.51 bits per heavy atom. The number of halogens is 1. The van der Waals surface area contributed by atoms with Gasteiger partial charge in [0.25, 0.3) is 5.78 Å². The summed E-state index contributed by atoms with van der Waals surface area (Å²) in [7, 11) is 1.27. The van der Waals surface area contributed by atoms with Crippen LogP contribution in [0.25, 0.3) is 5.76 Å². The monoisotopic (exact) mass is 635 g/mol. The third-order valence-corrected chi connectivity index (χ3v) is 9.29. The standard InChI is InChI=1S/C30H22ClN3O7S2/c1-39-28(38)17-8-6-16(7-9-17)24-23(25(35)18-10-11-21-22(14-18)41-13-12-40-21)26(36)27(37)34(24)29-32-33-30(43-29)42-15-19-4-2-3-5-20(19)31/h2-11,14,24,35H,12-13,15H2,1H3/b25-23+. The lowest BCUT2D eigenvalue weighted by atomic mass is 9.94. The summed E-state index contributed by atoms with van der Waals surface area (Å²) in [6.07, 6.45) is 0. The Hall–Kier alpha value is -4.39. The van der Waals surface area contributed by atoms with E-state index in [1.807, 2.05) is 18.2 Å². The molecule has 0 radical (unpaired) electrons. The average Bonchev–Trinajstić information content (AvgIpc) is 3.61. The van der Waals surface area contributed by atoms with Crippen molar-refractivity contribution in [3.63, 3.8) is 0 Å². The van der Waals surface area contributed by atoms with Gasteiger partial charge in [-0.15, -0.1) is 10.2 Å². The zero-order valence-electron chi connectivity index (χ0n) is 22.5. The zero-order valence-corrected chi connectivity index (χ0v) is 24.9. The van der Waals surface area contributed by atoms with E-state index in [1.165, 1.54) is 35.9 Å². The van der Waals surface area contributed by atoms with Crippen LogP contribution in [0, 0.1) is 0 Å². The number of hydrogen-bond donors (Lipinski definition) is 1. The Labute approximate surface area is 258 Å². The number of anilines is 1. The number of methoxy groups -OCH3 is 1. The molecule has 43 heavy (non-hydrogen) atoms. The molecule has 1 aromatic heterocycles. The van der Waals surface area contributed by atoms with E-state index >= 15 is 0 Å². The number of benzene rings is 3. The Kier molecular flexibility index (Phi) is 8.06. The predicted molar refractivity (Wildman–Crippen MR) is 161 cm³/mol. The van der Waals surface area contributed by atoms with Crippen LogP contribution in [-0.4, -0.2) is 53.3 Å². The summed E-state index contributed by atoms with van der Waals surface area (Å²) in [6, 6.07) is 17.4. The van der Waals surface area contributed by atoms with Gasteiger partial charge in [-0.2, -0.15) is 0 Å². The normalized spacial score (nSPS) is 17.3. The second-order valence-electron chi connectivity index (χ2n) is 9.37. The second-order valence-corrected chi connectivity index (χ2v) is 12.0. The van der Waals surface area contributed by atoms with Crippen LogP contribution in [0.3, 0.4) is 0 Å². The number of esters is 1. The van der Waals surface area contributed by atoms with Crippen molar-refractivity contribution in [2.75, 3.05) is 25.2 Å². The summed E-state index contributed by atoms with van der Waals surface area (Å²) >= 11 is 8.81. The molecular weight excluding hydrogens is 614 g/mol. The fourth-order valence-electron chi connectivity index (χ4n) is 4.72. The quantitative estimate of drug-likeness (QED) is 0.0677. The Morgan fingerprint density at radius 1 is 1.05 bits per heavy atom. The van der Waals surface area contributed by atoms with Crippen molar-refractivity contribution < 1.29 is 33.7 Å². The molecule has 1 unspecified atom stereocenters. The molecule has 0 bridgehead atoms. The molecule has 6 rings (SSSR count). The predicted octanol–water partition coefficient (Wildman–Crippen LogP) is 5.67. The second kappa shape index (κ2) is 12.1. The minimum atomic E-state index is -1.06. The fourth-order valence-corrected chi connectivity index (χ4v) is 6.88. The number of nitrogens with zero attached hydrogens (tertiary/aromatic N) is 3. The highest BCUT2D eigenvalue weighted by atomic mass is 35.5. The molecule has 1 N–H and O–H groups in total. The van der Waals surface area contributed by atoms with Crippen molar-refractivity contribution in [1.82, 2.24) is 10.2 Å². The van der Waals surface area contributed by atoms with Gasteiger partial charge in [-0.25, -0.2) is 4.79 Å². The molecule has 4 aromatic rings. The maximum atomic E-state index is 13.6. The summed E-state index contributed by atoms with van der Waals surface area (Å²) in [6.45, 7) is 0.730. The molecule has 1 saturated heterocycles. The molecule has 10 nitrogen and oxygen atoms in total. The number of amides is 1. The van der Waals surface area contributed by atoms with Crippen LogP contribution in [0.1, 0.15) is 33.1 Å². The van der Waals surface area contributed by atoms with Crippen LogP contribution < -0.4 is 14.4 Å². The third kappa shape index (κ3) is 5.56. The lowest BCUT2D eigenvalue weighted by Gasteiger charge is -2.23. The number of aromatic nitrogens is 2. The van der Waals surface area contributed by atoms with Gasteiger partial charge in [-0.1, -0.05) is 65.0 Å². The number of carbonyl (C=O) groups excluding carboxylic acids is 3. The van der Waals surface area contributed by atoms with Crippen LogP contribution in [0.5, 0.6) is 11.5 Å². The van der Waals surface area contributed by atoms with E-state index in [2.05, 4.69) is 10.2 Å². The van der Waals surface area contributed by atoms with Crippen molar-refractivity contribution in [2.45, 2.75) is 16.1 Å². The van der Waals surface area contributed by atoms with E-state index in [0.717, 1.165) is 16.9 Å². The number of aliphatic hydroxyl groups excluding tert-OH is 1. The molecule has 2 aliphatic heterocycles. The number of Topliss-reactive ketones (excluding diaryl/α,β-unsaturated/α-hetero) is 1. The zero-order chi connectivity index (χ0) is 30.1. The lowest BCUT2D eigenvalue weighted by molar-refractivity contribution is -0.132. The maximum absolute atomic E-state index is 13.6. The van der Waals surface area contributed by atoms with Crippen LogP contribution in [-0.2, 0) is 20.1 Å². The number of aliphatic hydroxyl groups is 1. The van der Waals surface area contributed by atoms with Gasteiger partial charge in [-0.05, 0) is 47.5 Å². The van der Waals surface area contributed by atoms with Gasteiger partial charge in [0.2, 0.25) is 5.13 Å². The Balaban J connectivity index is 1.40. The van der Waals surface area contributed by atoms with E-state index in [9.17, 15) is 19.5 Å². The molecular formula is C30H22ClN3O7S2.